The number of carbonyl (C=O) groups is 1. The SMILES string of the molecule is Nc1cccc(C(=O)Nc2cc(C#Cc3ccccc3)cc(C#Cc3ccccc3)c2)c1. The molecule has 0 saturated carbocycles. The minimum absolute atomic E-state index is 0.243. The number of rotatable bonds is 2. The van der Waals surface area contributed by atoms with Crippen molar-refractivity contribution in [2.45, 2.75) is 0 Å². The molecule has 4 aromatic rings. The fraction of sp³-hybridized carbons (Fsp3) is 0. The third-order valence-electron chi connectivity index (χ3n) is 4.59. The van der Waals surface area contributed by atoms with Gasteiger partial charge in [0.25, 0.3) is 5.91 Å². The topological polar surface area (TPSA) is 55.1 Å². The smallest absolute Gasteiger partial charge is 0.255 e. The molecule has 0 aliphatic heterocycles. The van der Waals surface area contributed by atoms with Gasteiger partial charge in [-0.25, -0.2) is 0 Å². The molecule has 0 aliphatic carbocycles. The normalized spacial score (nSPS) is 9.62. The predicted octanol–water partition coefficient (Wildman–Crippen LogP) is 5.32. The van der Waals surface area contributed by atoms with Gasteiger partial charge in [0, 0.05) is 39.2 Å². The van der Waals surface area contributed by atoms with Crippen LogP contribution in [0.2, 0.25) is 0 Å². The van der Waals surface area contributed by atoms with Gasteiger partial charge >= 0.3 is 0 Å². The lowest BCUT2D eigenvalue weighted by Crippen LogP contribution is -2.12. The van der Waals surface area contributed by atoms with Crippen molar-refractivity contribution in [3.05, 3.63) is 131 Å². The molecule has 4 rings (SSSR count). The van der Waals surface area contributed by atoms with Gasteiger partial charge in [-0.1, -0.05) is 66.1 Å². The number of carbonyl (C=O) groups excluding carboxylic acids is 1. The molecular formula is C29H20N2O. The number of nitrogens with one attached hydrogen (secondary N) is 1. The summed E-state index contributed by atoms with van der Waals surface area (Å²) in [5.74, 6) is 12.4. The van der Waals surface area contributed by atoms with E-state index in [-0.39, 0.29) is 5.91 Å². The summed E-state index contributed by atoms with van der Waals surface area (Å²) < 4.78 is 0. The van der Waals surface area contributed by atoms with Crippen molar-refractivity contribution in [1.29, 1.82) is 0 Å². The van der Waals surface area contributed by atoms with Crippen molar-refractivity contribution in [3.63, 3.8) is 0 Å². The van der Waals surface area contributed by atoms with Crippen molar-refractivity contribution in [2.75, 3.05) is 11.1 Å². The van der Waals surface area contributed by atoms with Crippen LogP contribution in [0.4, 0.5) is 11.4 Å². The second kappa shape index (κ2) is 9.85. The number of benzene rings is 4. The minimum Gasteiger partial charge on any atom is -0.399 e. The first-order valence-corrected chi connectivity index (χ1v) is 10.1. The molecule has 0 saturated heterocycles. The van der Waals surface area contributed by atoms with Crippen molar-refractivity contribution in [2.24, 2.45) is 0 Å². The van der Waals surface area contributed by atoms with Crippen LogP contribution < -0.4 is 11.1 Å². The highest BCUT2D eigenvalue weighted by Crippen LogP contribution is 2.17. The van der Waals surface area contributed by atoms with Gasteiger partial charge in [0.15, 0.2) is 0 Å². The standard InChI is InChI=1S/C29H20N2O/c30-27-13-7-12-26(21-27)29(32)31-28-19-24(16-14-22-8-3-1-4-9-22)18-25(20-28)17-15-23-10-5-2-6-11-23/h1-13,18-21H,30H2,(H,31,32). The molecule has 3 nitrogen and oxygen atoms in total. The highest BCUT2D eigenvalue weighted by atomic mass is 16.1. The van der Waals surface area contributed by atoms with E-state index in [1.165, 1.54) is 0 Å². The number of hydrogen-bond donors (Lipinski definition) is 2. The van der Waals surface area contributed by atoms with Crippen LogP contribution in [0.5, 0.6) is 0 Å². The lowest BCUT2D eigenvalue weighted by Gasteiger charge is -2.07. The van der Waals surface area contributed by atoms with Gasteiger partial charge in [-0.2, -0.15) is 0 Å². The predicted molar refractivity (Wildman–Crippen MR) is 130 cm³/mol. The first kappa shape index (κ1) is 20.5. The van der Waals surface area contributed by atoms with Crippen molar-refractivity contribution >= 4 is 17.3 Å². The molecule has 0 bridgehead atoms. The summed E-state index contributed by atoms with van der Waals surface area (Å²) in [5.41, 5.74) is 10.8. The summed E-state index contributed by atoms with van der Waals surface area (Å²) in [4.78, 5) is 12.7. The Morgan fingerprint density at radius 1 is 0.594 bits per heavy atom. The molecule has 3 N–H and O–H groups in total. The zero-order valence-corrected chi connectivity index (χ0v) is 17.3. The van der Waals surface area contributed by atoms with Crippen molar-refractivity contribution < 1.29 is 4.79 Å². The summed E-state index contributed by atoms with van der Waals surface area (Å²) >= 11 is 0. The Balaban J connectivity index is 1.68. The molecule has 0 unspecified atom stereocenters. The van der Waals surface area contributed by atoms with E-state index in [1.54, 1.807) is 24.3 Å². The van der Waals surface area contributed by atoms with Crippen LogP contribution in [-0.2, 0) is 0 Å². The first-order chi connectivity index (χ1) is 15.7. The van der Waals surface area contributed by atoms with E-state index in [4.69, 9.17) is 5.73 Å². The van der Waals surface area contributed by atoms with E-state index in [2.05, 4.69) is 29.0 Å². The van der Waals surface area contributed by atoms with Crippen LogP contribution in [0.3, 0.4) is 0 Å². The van der Waals surface area contributed by atoms with Crippen LogP contribution in [0.15, 0.2) is 103 Å². The van der Waals surface area contributed by atoms with Crippen LogP contribution in [-0.4, -0.2) is 5.91 Å². The maximum atomic E-state index is 12.7. The van der Waals surface area contributed by atoms with Gasteiger partial charge in [0.05, 0.1) is 0 Å². The number of nitrogen functional groups attached to an aromatic ring is 1. The molecule has 0 radical (unpaired) electrons. The highest BCUT2D eigenvalue weighted by Gasteiger charge is 2.07. The Labute approximate surface area is 187 Å². The van der Waals surface area contributed by atoms with E-state index in [9.17, 15) is 4.79 Å². The van der Waals surface area contributed by atoms with Crippen LogP contribution in [0.1, 0.15) is 32.6 Å². The average molecular weight is 412 g/mol. The van der Waals surface area contributed by atoms with Crippen molar-refractivity contribution in [1.82, 2.24) is 0 Å². The Morgan fingerprint density at radius 3 is 1.66 bits per heavy atom. The second-order valence-electron chi connectivity index (χ2n) is 7.11. The molecule has 0 fully saturated rings. The summed E-state index contributed by atoms with van der Waals surface area (Å²) in [6.45, 7) is 0. The molecular weight excluding hydrogens is 392 g/mol. The van der Waals surface area contributed by atoms with E-state index >= 15 is 0 Å². The minimum atomic E-state index is -0.243. The molecule has 0 atom stereocenters. The van der Waals surface area contributed by atoms with E-state index in [0.29, 0.717) is 16.9 Å². The van der Waals surface area contributed by atoms with Crippen LogP contribution >= 0.6 is 0 Å². The number of anilines is 2. The monoisotopic (exact) mass is 412 g/mol. The maximum Gasteiger partial charge on any atom is 0.255 e. The molecule has 4 aromatic carbocycles. The molecule has 0 spiro atoms. The van der Waals surface area contributed by atoms with Gasteiger partial charge in [0.2, 0.25) is 0 Å². The van der Waals surface area contributed by atoms with Gasteiger partial charge in [-0.15, -0.1) is 0 Å². The van der Waals surface area contributed by atoms with E-state index in [0.717, 1.165) is 22.3 Å². The Bertz CT molecular complexity index is 1290. The van der Waals surface area contributed by atoms with Gasteiger partial charge < -0.3 is 11.1 Å². The average Bonchev–Trinajstić information content (AvgIpc) is 2.83. The largest absolute Gasteiger partial charge is 0.399 e. The lowest BCUT2D eigenvalue weighted by atomic mass is 10.1. The molecule has 0 aromatic heterocycles. The lowest BCUT2D eigenvalue weighted by molar-refractivity contribution is 0.102. The number of nitrogens with two attached hydrogens (primary N) is 1. The van der Waals surface area contributed by atoms with E-state index in [1.807, 2.05) is 78.9 Å². The van der Waals surface area contributed by atoms with Gasteiger partial charge in [0.1, 0.15) is 0 Å². The van der Waals surface area contributed by atoms with Gasteiger partial charge in [-0.05, 0) is 60.7 Å². The van der Waals surface area contributed by atoms with Gasteiger partial charge in [-0.3, -0.25) is 4.79 Å². The Hall–Kier alpha value is -4.73. The maximum absolute atomic E-state index is 12.7. The summed E-state index contributed by atoms with van der Waals surface area (Å²) in [7, 11) is 0. The van der Waals surface area contributed by atoms with Crippen molar-refractivity contribution in [3.8, 4) is 23.7 Å². The Morgan fingerprint density at radius 2 is 1.12 bits per heavy atom. The molecule has 152 valence electrons. The third kappa shape index (κ3) is 5.66. The molecule has 0 heterocycles. The van der Waals surface area contributed by atoms with Crippen LogP contribution in [0.25, 0.3) is 0 Å². The summed E-state index contributed by atoms with van der Waals surface area (Å²) in [6, 6.07) is 32.0. The molecule has 0 aliphatic rings. The number of amides is 1. The molecule has 1 amide bonds. The molecule has 3 heteroatoms. The van der Waals surface area contributed by atoms with E-state index < -0.39 is 0 Å². The zero-order chi connectivity index (χ0) is 22.2. The fourth-order valence-corrected chi connectivity index (χ4v) is 3.06. The third-order valence-corrected chi connectivity index (χ3v) is 4.59. The first-order valence-electron chi connectivity index (χ1n) is 10.1. The summed E-state index contributed by atoms with van der Waals surface area (Å²) in [6.07, 6.45) is 0. The fourth-order valence-electron chi connectivity index (χ4n) is 3.06. The quantitative estimate of drug-likeness (QED) is 0.346. The van der Waals surface area contributed by atoms with Crippen LogP contribution in [0, 0.1) is 23.7 Å². The number of hydrogen-bond acceptors (Lipinski definition) is 2. The second-order valence-corrected chi connectivity index (χ2v) is 7.11. The molecule has 32 heavy (non-hydrogen) atoms. The highest BCUT2D eigenvalue weighted by molar-refractivity contribution is 6.04. The zero-order valence-electron chi connectivity index (χ0n) is 17.3. The summed E-state index contributed by atoms with van der Waals surface area (Å²) in [5, 5.41) is 2.93. The Kier molecular flexibility index (Phi) is 6.32.